The van der Waals surface area contributed by atoms with Gasteiger partial charge in [0.2, 0.25) is 0 Å². The van der Waals surface area contributed by atoms with Crippen LogP contribution in [0.2, 0.25) is 0 Å². The predicted octanol–water partition coefficient (Wildman–Crippen LogP) is 9.56. The second-order valence-corrected chi connectivity index (χ2v) is 13.6. The van der Waals surface area contributed by atoms with Crippen molar-refractivity contribution in [3.05, 3.63) is 130 Å². The Balaban J connectivity index is 1.96. The Labute approximate surface area is 272 Å². The van der Waals surface area contributed by atoms with Gasteiger partial charge >= 0.3 is 0 Å². The van der Waals surface area contributed by atoms with Gasteiger partial charge in [0, 0.05) is 7.11 Å². The SMILES string of the molecule is CO[C@H]1CC(C)(C)C(/C=C/C(C)=C/C=C/C(C)=C/C=C/C=C(C)/C=C/C=C(C)/C=C/C2=C(C)C(=O)[C@@H](O)CC2(C)C)=C(C)C1=O. The highest BCUT2D eigenvalue weighted by atomic mass is 16.5. The topological polar surface area (TPSA) is 63.6 Å². The van der Waals surface area contributed by atoms with Crippen molar-refractivity contribution in [1.29, 1.82) is 0 Å². The summed E-state index contributed by atoms with van der Waals surface area (Å²) in [6, 6.07) is 0. The first kappa shape index (κ1) is 37.6. The number of ether oxygens (including phenoxy) is 1. The lowest BCUT2D eigenvalue weighted by molar-refractivity contribution is -0.127. The number of methoxy groups -OCH3 is 1. The number of rotatable bonds is 11. The Morgan fingerprint density at radius 1 is 0.644 bits per heavy atom. The van der Waals surface area contributed by atoms with E-state index >= 15 is 0 Å². The summed E-state index contributed by atoms with van der Waals surface area (Å²) in [4.78, 5) is 24.8. The Morgan fingerprint density at radius 2 is 1.02 bits per heavy atom. The minimum absolute atomic E-state index is 0.0821. The number of ketones is 2. The molecule has 4 nitrogen and oxygen atoms in total. The lowest BCUT2D eigenvalue weighted by Gasteiger charge is -2.36. The molecule has 0 amide bonds. The molecule has 0 radical (unpaired) electrons. The molecule has 0 bridgehead atoms. The van der Waals surface area contributed by atoms with Gasteiger partial charge in [-0.3, -0.25) is 9.59 Å². The van der Waals surface area contributed by atoms with Gasteiger partial charge in [-0.15, -0.1) is 0 Å². The van der Waals surface area contributed by atoms with Crippen LogP contribution in [-0.4, -0.2) is 36.0 Å². The van der Waals surface area contributed by atoms with E-state index in [-0.39, 0.29) is 28.5 Å². The van der Waals surface area contributed by atoms with E-state index in [0.29, 0.717) is 18.4 Å². The van der Waals surface area contributed by atoms with Crippen molar-refractivity contribution in [2.75, 3.05) is 7.11 Å². The summed E-state index contributed by atoms with van der Waals surface area (Å²) in [5.41, 5.74) is 7.59. The first-order valence-electron chi connectivity index (χ1n) is 15.8. The first-order chi connectivity index (χ1) is 21.0. The maximum Gasteiger partial charge on any atom is 0.187 e. The monoisotopic (exact) mass is 610 g/mol. The Bertz CT molecular complexity index is 1470. The number of carbonyl (C=O) groups is 2. The molecule has 0 heterocycles. The second-order valence-electron chi connectivity index (χ2n) is 13.6. The quantitative estimate of drug-likeness (QED) is 0.237. The number of carbonyl (C=O) groups excluding carboxylic acids is 2. The van der Waals surface area contributed by atoms with Crippen molar-refractivity contribution in [2.45, 2.75) is 94.3 Å². The van der Waals surface area contributed by atoms with Gasteiger partial charge in [0.05, 0.1) is 0 Å². The van der Waals surface area contributed by atoms with Crippen LogP contribution in [-0.2, 0) is 14.3 Å². The zero-order valence-electron chi connectivity index (χ0n) is 29.3. The molecular weight excluding hydrogens is 556 g/mol. The van der Waals surface area contributed by atoms with Gasteiger partial charge in [0.25, 0.3) is 0 Å². The third-order valence-corrected chi connectivity index (χ3v) is 8.58. The second kappa shape index (κ2) is 16.6. The van der Waals surface area contributed by atoms with Gasteiger partial charge in [0.15, 0.2) is 11.6 Å². The van der Waals surface area contributed by atoms with Gasteiger partial charge in [-0.25, -0.2) is 0 Å². The molecule has 0 aromatic carbocycles. The van der Waals surface area contributed by atoms with Crippen LogP contribution in [0.25, 0.3) is 0 Å². The Morgan fingerprint density at radius 3 is 1.47 bits per heavy atom. The molecule has 2 aliphatic carbocycles. The van der Waals surface area contributed by atoms with E-state index < -0.39 is 6.10 Å². The van der Waals surface area contributed by atoms with Crippen LogP contribution < -0.4 is 0 Å². The van der Waals surface area contributed by atoms with Crippen LogP contribution in [0.1, 0.15) is 82.1 Å². The molecule has 0 aliphatic heterocycles. The zero-order chi connectivity index (χ0) is 33.9. The van der Waals surface area contributed by atoms with E-state index in [0.717, 1.165) is 39.0 Å². The summed E-state index contributed by atoms with van der Waals surface area (Å²) < 4.78 is 5.40. The average molecular weight is 611 g/mol. The summed E-state index contributed by atoms with van der Waals surface area (Å²) in [6.07, 6.45) is 28.6. The lowest BCUT2D eigenvalue weighted by Crippen LogP contribution is -2.37. The minimum Gasteiger partial charge on any atom is -0.385 e. The first-order valence-corrected chi connectivity index (χ1v) is 15.8. The van der Waals surface area contributed by atoms with Crippen LogP contribution in [0.5, 0.6) is 0 Å². The summed E-state index contributed by atoms with van der Waals surface area (Å²) in [7, 11) is 1.60. The summed E-state index contributed by atoms with van der Waals surface area (Å²) in [5, 5.41) is 10.0. The fraction of sp³-hybridized carbons (Fsp3) is 0.415. The zero-order valence-corrected chi connectivity index (χ0v) is 29.3. The molecule has 4 heteroatoms. The van der Waals surface area contributed by atoms with Gasteiger partial charge in [-0.1, -0.05) is 135 Å². The molecular formula is C41H54O4. The summed E-state index contributed by atoms with van der Waals surface area (Å²) >= 11 is 0. The van der Waals surface area contributed by atoms with Crippen LogP contribution in [0.4, 0.5) is 0 Å². The summed E-state index contributed by atoms with van der Waals surface area (Å²) in [5.74, 6) is -0.0895. The maximum absolute atomic E-state index is 12.6. The van der Waals surface area contributed by atoms with Crippen molar-refractivity contribution in [3.63, 3.8) is 0 Å². The van der Waals surface area contributed by atoms with E-state index in [4.69, 9.17) is 4.74 Å². The number of hydrogen-bond donors (Lipinski definition) is 1. The molecule has 0 saturated carbocycles. The molecule has 242 valence electrons. The molecule has 0 fully saturated rings. The van der Waals surface area contributed by atoms with E-state index in [1.807, 2.05) is 56.4 Å². The van der Waals surface area contributed by atoms with Gasteiger partial charge < -0.3 is 9.84 Å². The minimum atomic E-state index is -0.904. The highest BCUT2D eigenvalue weighted by Gasteiger charge is 2.38. The van der Waals surface area contributed by atoms with Crippen molar-refractivity contribution in [1.82, 2.24) is 0 Å². The molecule has 2 aliphatic rings. The van der Waals surface area contributed by atoms with E-state index in [1.54, 1.807) is 14.0 Å². The number of aliphatic hydroxyl groups is 1. The molecule has 0 aromatic heterocycles. The molecule has 0 spiro atoms. The van der Waals surface area contributed by atoms with Crippen LogP contribution in [0, 0.1) is 10.8 Å². The predicted molar refractivity (Wildman–Crippen MR) is 190 cm³/mol. The fourth-order valence-electron chi connectivity index (χ4n) is 5.79. The largest absolute Gasteiger partial charge is 0.385 e. The number of allylic oxidation sites excluding steroid dienone is 20. The third kappa shape index (κ3) is 11.1. The number of hydrogen-bond acceptors (Lipinski definition) is 4. The molecule has 0 unspecified atom stereocenters. The maximum atomic E-state index is 12.6. The van der Waals surface area contributed by atoms with Crippen molar-refractivity contribution in [3.8, 4) is 0 Å². The molecule has 2 rings (SSSR count). The Kier molecular flexibility index (Phi) is 13.9. The highest BCUT2D eigenvalue weighted by Crippen LogP contribution is 2.41. The van der Waals surface area contributed by atoms with E-state index in [1.165, 1.54) is 0 Å². The molecule has 45 heavy (non-hydrogen) atoms. The number of aliphatic hydroxyl groups excluding tert-OH is 1. The average Bonchev–Trinajstić information content (AvgIpc) is 2.95. The van der Waals surface area contributed by atoms with E-state index in [2.05, 4.69) is 91.0 Å². The van der Waals surface area contributed by atoms with Crippen molar-refractivity contribution < 1.29 is 19.4 Å². The van der Waals surface area contributed by atoms with Crippen molar-refractivity contribution in [2.24, 2.45) is 10.8 Å². The molecule has 1 N–H and O–H groups in total. The van der Waals surface area contributed by atoms with Crippen LogP contribution in [0.3, 0.4) is 0 Å². The van der Waals surface area contributed by atoms with Gasteiger partial charge in [0.1, 0.15) is 12.2 Å². The molecule has 0 saturated heterocycles. The van der Waals surface area contributed by atoms with Crippen molar-refractivity contribution >= 4 is 11.6 Å². The Hall–Kier alpha value is -3.60. The van der Waals surface area contributed by atoms with Gasteiger partial charge in [-0.05, 0) is 87.5 Å². The lowest BCUT2D eigenvalue weighted by atomic mass is 9.71. The third-order valence-electron chi connectivity index (χ3n) is 8.58. The molecule has 2 atom stereocenters. The smallest absolute Gasteiger partial charge is 0.187 e. The van der Waals surface area contributed by atoms with E-state index in [9.17, 15) is 14.7 Å². The standard InChI is InChI=1S/C41H54O4/c1-28(18-14-20-30(3)22-24-34-32(5)38(43)36(42)26-40(34,7)8)16-12-13-17-29(2)19-15-21-31(4)23-25-35-33(6)39(44)37(45-11)27-41(35,9)10/h12-25,36-37,42H,26-27H2,1-11H3/b13-12+,18-14+,19-15+,24-22+,25-23+,28-16+,29-17+,30-20+,31-21+/t36-,37-/m0/s1. The normalized spacial score (nSPS) is 24.3. The van der Waals surface area contributed by atoms with Crippen LogP contribution >= 0.6 is 0 Å². The van der Waals surface area contributed by atoms with Crippen LogP contribution in [0.15, 0.2) is 130 Å². The summed E-state index contributed by atoms with van der Waals surface area (Å²) in [6.45, 7) is 20.4. The number of Topliss-reactive ketones (excluding diaryl/α,β-unsaturated/α-hetero) is 2. The fourth-order valence-corrected chi connectivity index (χ4v) is 5.79. The highest BCUT2D eigenvalue weighted by molar-refractivity contribution is 6.01. The molecule has 0 aromatic rings. The van der Waals surface area contributed by atoms with Gasteiger partial charge in [-0.2, -0.15) is 0 Å².